The van der Waals surface area contributed by atoms with Crippen LogP contribution in [0.1, 0.15) is 39.7 Å². The number of alkyl carbamates (subject to hydrolysis) is 1. The molecular weight excluding hydrogens is 350 g/mol. The Morgan fingerprint density at radius 2 is 1.85 bits per heavy atom. The Kier molecular flexibility index (Phi) is 8.51. The maximum atomic E-state index is 11.6. The lowest BCUT2D eigenvalue weighted by atomic mass is 10.1. The van der Waals surface area contributed by atoms with Crippen molar-refractivity contribution in [3.05, 3.63) is 29.8 Å². The number of rotatable bonds is 9. The Bertz CT molecular complexity index is 703. The number of carbonyl (C=O) groups excluding carboxylic acids is 3. The molecule has 148 valence electrons. The first-order chi connectivity index (χ1) is 12.6. The molecule has 0 unspecified atom stereocenters. The number of amides is 1. The van der Waals surface area contributed by atoms with Gasteiger partial charge in [0.15, 0.2) is 17.3 Å². The number of allylic oxidation sites excluding steroid dienone is 1. The zero-order valence-corrected chi connectivity index (χ0v) is 16.5. The third-order valence-corrected chi connectivity index (χ3v) is 3.10. The first-order valence-electron chi connectivity index (χ1n) is 8.59. The van der Waals surface area contributed by atoms with E-state index < -0.39 is 11.7 Å². The van der Waals surface area contributed by atoms with Crippen molar-refractivity contribution in [2.24, 2.45) is 0 Å². The molecule has 7 nitrogen and oxygen atoms in total. The van der Waals surface area contributed by atoms with Crippen LogP contribution in [-0.2, 0) is 14.3 Å². The lowest BCUT2D eigenvalue weighted by Gasteiger charge is -2.19. The Balaban J connectivity index is 2.57. The fourth-order valence-corrected chi connectivity index (χ4v) is 2.03. The first-order valence-corrected chi connectivity index (χ1v) is 8.59. The van der Waals surface area contributed by atoms with E-state index in [1.54, 1.807) is 45.0 Å². The summed E-state index contributed by atoms with van der Waals surface area (Å²) in [6.07, 6.45) is 2.36. The van der Waals surface area contributed by atoms with E-state index in [1.807, 2.05) is 0 Å². The van der Waals surface area contributed by atoms with Crippen molar-refractivity contribution in [1.29, 1.82) is 0 Å². The van der Waals surface area contributed by atoms with Crippen LogP contribution < -0.4 is 14.8 Å². The molecule has 0 heterocycles. The molecule has 0 aliphatic heterocycles. The Morgan fingerprint density at radius 3 is 2.44 bits per heavy atom. The SMILES string of the molecule is COc1cc(C=CC(=O)CC(C)=O)ccc1OCCNC(=O)OC(C)(C)C. The lowest BCUT2D eigenvalue weighted by molar-refractivity contribution is -0.123. The molecule has 0 bridgehead atoms. The molecule has 0 spiro atoms. The molecule has 1 amide bonds. The number of hydrogen-bond acceptors (Lipinski definition) is 6. The second kappa shape index (κ2) is 10.4. The van der Waals surface area contributed by atoms with Crippen LogP contribution in [0.15, 0.2) is 24.3 Å². The van der Waals surface area contributed by atoms with E-state index in [2.05, 4.69) is 5.32 Å². The van der Waals surface area contributed by atoms with Crippen molar-refractivity contribution in [1.82, 2.24) is 5.32 Å². The second-order valence-electron chi connectivity index (χ2n) is 6.87. The number of hydrogen-bond donors (Lipinski definition) is 1. The van der Waals surface area contributed by atoms with Gasteiger partial charge in [0.25, 0.3) is 0 Å². The summed E-state index contributed by atoms with van der Waals surface area (Å²) in [6.45, 7) is 7.26. The molecule has 0 saturated heterocycles. The van der Waals surface area contributed by atoms with Crippen LogP contribution in [0, 0.1) is 0 Å². The van der Waals surface area contributed by atoms with Gasteiger partial charge < -0.3 is 19.5 Å². The highest BCUT2D eigenvalue weighted by Crippen LogP contribution is 2.28. The number of Topliss-reactive ketones (excluding diaryl/α,β-unsaturated/α-hetero) is 1. The van der Waals surface area contributed by atoms with Crippen molar-refractivity contribution in [3.8, 4) is 11.5 Å². The summed E-state index contributed by atoms with van der Waals surface area (Å²) in [7, 11) is 1.51. The monoisotopic (exact) mass is 377 g/mol. The summed E-state index contributed by atoms with van der Waals surface area (Å²) in [5.74, 6) is 0.574. The molecule has 0 fully saturated rings. The van der Waals surface area contributed by atoms with Crippen molar-refractivity contribution >= 4 is 23.7 Å². The summed E-state index contributed by atoms with van der Waals surface area (Å²) < 4.78 is 16.0. The fourth-order valence-electron chi connectivity index (χ4n) is 2.03. The summed E-state index contributed by atoms with van der Waals surface area (Å²) >= 11 is 0. The van der Waals surface area contributed by atoms with Gasteiger partial charge in [-0.15, -0.1) is 0 Å². The van der Waals surface area contributed by atoms with Crippen LogP contribution >= 0.6 is 0 Å². The van der Waals surface area contributed by atoms with Gasteiger partial charge in [-0.2, -0.15) is 0 Å². The highest BCUT2D eigenvalue weighted by molar-refractivity contribution is 6.05. The minimum atomic E-state index is -0.552. The second-order valence-corrected chi connectivity index (χ2v) is 6.87. The molecule has 27 heavy (non-hydrogen) atoms. The van der Waals surface area contributed by atoms with E-state index in [-0.39, 0.29) is 31.1 Å². The highest BCUT2D eigenvalue weighted by Gasteiger charge is 2.15. The minimum Gasteiger partial charge on any atom is -0.493 e. The van der Waals surface area contributed by atoms with Gasteiger partial charge in [0.2, 0.25) is 0 Å². The van der Waals surface area contributed by atoms with Gasteiger partial charge in [0.1, 0.15) is 18.0 Å². The van der Waals surface area contributed by atoms with Crippen LogP contribution in [0.4, 0.5) is 4.79 Å². The van der Waals surface area contributed by atoms with E-state index >= 15 is 0 Å². The molecule has 1 rings (SSSR count). The van der Waals surface area contributed by atoms with Gasteiger partial charge in [0.05, 0.1) is 20.1 Å². The molecule has 1 aromatic rings. The summed E-state index contributed by atoms with van der Waals surface area (Å²) in [4.78, 5) is 34.0. The molecule has 1 N–H and O–H groups in total. The van der Waals surface area contributed by atoms with E-state index in [0.717, 1.165) is 5.56 Å². The van der Waals surface area contributed by atoms with E-state index in [9.17, 15) is 14.4 Å². The average molecular weight is 377 g/mol. The van der Waals surface area contributed by atoms with Gasteiger partial charge in [-0.3, -0.25) is 9.59 Å². The van der Waals surface area contributed by atoms with Crippen LogP contribution in [0.5, 0.6) is 11.5 Å². The van der Waals surface area contributed by atoms with Gasteiger partial charge in [0, 0.05) is 0 Å². The molecule has 7 heteroatoms. The van der Waals surface area contributed by atoms with Crippen LogP contribution in [0.3, 0.4) is 0 Å². The average Bonchev–Trinajstić information content (AvgIpc) is 2.55. The smallest absolute Gasteiger partial charge is 0.407 e. The maximum absolute atomic E-state index is 11.6. The fraction of sp³-hybridized carbons (Fsp3) is 0.450. The third-order valence-electron chi connectivity index (χ3n) is 3.10. The standard InChI is InChI=1S/C20H27NO6/c1-14(22)12-16(23)8-6-15-7-9-17(18(13-15)25-5)26-11-10-21-19(24)27-20(2,3)4/h6-9,13H,10-12H2,1-5H3,(H,21,24). The predicted octanol–water partition coefficient (Wildman–Crippen LogP) is 3.16. The van der Waals surface area contributed by atoms with Crippen LogP contribution in [0.2, 0.25) is 0 Å². The van der Waals surface area contributed by atoms with Gasteiger partial charge >= 0.3 is 6.09 Å². The van der Waals surface area contributed by atoms with Crippen molar-refractivity contribution < 1.29 is 28.6 Å². The molecule has 0 atom stereocenters. The largest absolute Gasteiger partial charge is 0.493 e. The topological polar surface area (TPSA) is 90.9 Å². The third kappa shape index (κ3) is 9.44. The highest BCUT2D eigenvalue weighted by atomic mass is 16.6. The number of nitrogens with one attached hydrogen (secondary N) is 1. The number of ether oxygens (including phenoxy) is 3. The first kappa shape index (κ1) is 22.2. The van der Waals surface area contributed by atoms with Crippen molar-refractivity contribution in [2.45, 2.75) is 39.7 Å². The van der Waals surface area contributed by atoms with Crippen molar-refractivity contribution in [2.75, 3.05) is 20.3 Å². The zero-order valence-electron chi connectivity index (χ0n) is 16.5. The number of ketones is 2. The minimum absolute atomic E-state index is 0.112. The number of carbonyl (C=O) groups is 3. The van der Waals surface area contributed by atoms with Crippen LogP contribution in [0.25, 0.3) is 6.08 Å². The van der Waals surface area contributed by atoms with E-state index in [1.165, 1.54) is 20.1 Å². The molecule has 0 aromatic heterocycles. The predicted molar refractivity (Wildman–Crippen MR) is 102 cm³/mol. The molecule has 0 saturated carbocycles. The Labute approximate surface area is 159 Å². The van der Waals surface area contributed by atoms with E-state index in [0.29, 0.717) is 11.5 Å². The van der Waals surface area contributed by atoms with Gasteiger partial charge in [-0.1, -0.05) is 12.1 Å². The van der Waals surface area contributed by atoms with Crippen LogP contribution in [-0.4, -0.2) is 43.5 Å². The maximum Gasteiger partial charge on any atom is 0.407 e. The molecule has 0 aliphatic rings. The van der Waals surface area contributed by atoms with E-state index in [4.69, 9.17) is 14.2 Å². The van der Waals surface area contributed by atoms with Crippen molar-refractivity contribution in [3.63, 3.8) is 0 Å². The zero-order chi connectivity index (χ0) is 20.4. The Morgan fingerprint density at radius 1 is 1.15 bits per heavy atom. The summed E-state index contributed by atoms with van der Waals surface area (Å²) in [5, 5.41) is 2.60. The molecule has 0 radical (unpaired) electrons. The summed E-state index contributed by atoms with van der Waals surface area (Å²) in [5.41, 5.74) is 0.187. The normalized spacial score (nSPS) is 11.1. The van der Waals surface area contributed by atoms with Gasteiger partial charge in [-0.05, 0) is 51.5 Å². The Hall–Kier alpha value is -2.83. The lowest BCUT2D eigenvalue weighted by Crippen LogP contribution is -2.34. The van der Waals surface area contributed by atoms with Gasteiger partial charge in [-0.25, -0.2) is 4.79 Å². The number of benzene rings is 1. The molecule has 0 aliphatic carbocycles. The molecular formula is C20H27NO6. The summed E-state index contributed by atoms with van der Waals surface area (Å²) in [6, 6.07) is 5.19. The number of methoxy groups -OCH3 is 1. The molecule has 1 aromatic carbocycles. The quantitative estimate of drug-likeness (QED) is 0.404.